The summed E-state index contributed by atoms with van der Waals surface area (Å²) >= 11 is 0. The molecule has 6 rings (SSSR count). The number of carbonyl (C=O) groups is 5. The molecule has 0 aromatic heterocycles. The molecule has 6 N–H and O–H groups in total. The fraction of sp³-hybridized carbons (Fsp3) is 0.178. The van der Waals surface area contributed by atoms with Crippen LogP contribution in [-0.2, 0) is 42.3 Å². The maximum atomic E-state index is 13.8. The van der Waals surface area contributed by atoms with Gasteiger partial charge in [0.2, 0.25) is 10.0 Å². The molecular weight excluding hydrogens is 908 g/mol. The van der Waals surface area contributed by atoms with Crippen LogP contribution in [0.1, 0.15) is 61.5 Å². The normalized spacial score (nSPS) is 11.9. The van der Waals surface area contributed by atoms with Crippen LogP contribution in [0.4, 0.5) is 13.2 Å². The first-order valence-corrected chi connectivity index (χ1v) is 21.3. The first-order chi connectivity index (χ1) is 31.7. The van der Waals surface area contributed by atoms with E-state index in [0.29, 0.717) is 22.1 Å². The fourth-order valence-corrected chi connectivity index (χ4v) is 7.23. The minimum atomic E-state index is -5.25. The summed E-state index contributed by atoms with van der Waals surface area (Å²) in [6.45, 7) is -0.901. The van der Waals surface area contributed by atoms with Crippen molar-refractivity contribution >= 4 is 56.4 Å². The summed E-state index contributed by atoms with van der Waals surface area (Å²) in [6.07, 6.45) is -4.81. The number of unbranched alkanes of at least 4 members (excludes halogenated alkanes) is 1. The number of fused-ring (bicyclic) bond motifs is 2. The van der Waals surface area contributed by atoms with Gasteiger partial charge in [0, 0.05) is 46.3 Å². The molecule has 1 atom stereocenters. The quantitative estimate of drug-likeness (QED) is 0.0193. The topological polar surface area (TPSA) is 295 Å². The van der Waals surface area contributed by atoms with Crippen LogP contribution in [0.25, 0.3) is 39.0 Å². The number of amides is 2. The molecule has 67 heavy (non-hydrogen) atoms. The van der Waals surface area contributed by atoms with Crippen molar-refractivity contribution in [3.8, 4) is 28.2 Å². The summed E-state index contributed by atoms with van der Waals surface area (Å²) in [5.74, 6) is -5.72. The summed E-state index contributed by atoms with van der Waals surface area (Å²) in [5.41, 5.74) is 7.22. The molecule has 4 aromatic rings. The van der Waals surface area contributed by atoms with E-state index in [-0.39, 0.29) is 82.2 Å². The zero-order chi connectivity index (χ0) is 48.6. The number of aromatic hydroxyl groups is 1. The Kier molecular flexibility index (Phi) is 14.6. The Balaban J connectivity index is 1.19. The highest BCUT2D eigenvalue weighted by atomic mass is 32.2. The number of rotatable bonds is 17. The van der Waals surface area contributed by atoms with E-state index in [2.05, 4.69) is 15.4 Å². The number of sulfonamides is 1. The molecule has 2 aliphatic rings. The number of alkyl halides is 3. The van der Waals surface area contributed by atoms with Crippen molar-refractivity contribution in [2.75, 3.05) is 6.54 Å². The largest absolute Gasteiger partial charge is 0.508 e. The fourth-order valence-electron chi connectivity index (χ4n) is 6.71. The third-order valence-electron chi connectivity index (χ3n) is 10.0. The predicted molar refractivity (Wildman–Crippen MR) is 229 cm³/mol. The van der Waals surface area contributed by atoms with Crippen molar-refractivity contribution < 1.29 is 74.5 Å². The molecule has 0 saturated heterocycles. The highest BCUT2D eigenvalue weighted by Gasteiger charge is 2.51. The van der Waals surface area contributed by atoms with Gasteiger partial charge in [-0.15, -0.1) is 0 Å². The van der Waals surface area contributed by atoms with Gasteiger partial charge in [0.15, 0.2) is 5.43 Å². The number of halogens is 3. The van der Waals surface area contributed by atoms with E-state index in [1.807, 2.05) is 4.79 Å². The summed E-state index contributed by atoms with van der Waals surface area (Å²) in [5, 5.41) is 31.3. The Morgan fingerprint density at radius 1 is 0.806 bits per heavy atom. The molecule has 0 fully saturated rings. The van der Waals surface area contributed by atoms with Gasteiger partial charge in [-0.05, 0) is 96.6 Å². The van der Waals surface area contributed by atoms with Gasteiger partial charge in [0.1, 0.15) is 36.3 Å². The molecule has 1 unspecified atom stereocenters. The number of phenolic OH excluding ortho intramolecular Hbond substituents is 1. The minimum absolute atomic E-state index is 0.0468. The number of nitrogens with zero attached hydrogens (tertiary/aromatic N) is 2. The number of hydrogen-bond donors (Lipinski definition) is 5. The maximum Gasteiger partial charge on any atom is 0.503 e. The lowest BCUT2D eigenvalue weighted by atomic mass is 9.89. The standard InChI is InChI=1S/C45H36F3N5O13S/c46-45(47,48)39(53-49)44(61)65-23-25-6-4-24(5-7-25)22-64-43(60)35(3-1-2-18-51-40(56)26-8-13-30(14-9-26)67(50,62)63)52-41(57)27-10-15-31(34(19-27)42(58)59)38-32-16-11-28(54)20-36(32)66-37-21-29(55)12-17-33(37)38/h4-17,19-21,35,54H,1-3,18,22-23H2,(H,51,56)(H,52,57)(H,58,59)(H2,50,62,63). The average Bonchev–Trinajstić information content (AvgIpc) is 3.28. The van der Waals surface area contributed by atoms with Crippen molar-refractivity contribution in [3.05, 3.63) is 147 Å². The molecule has 0 radical (unpaired) electrons. The lowest BCUT2D eigenvalue weighted by Crippen LogP contribution is -2.42. The van der Waals surface area contributed by atoms with E-state index in [1.54, 1.807) is 0 Å². The maximum absolute atomic E-state index is 13.8. The number of aromatic carboxylic acids is 1. The monoisotopic (exact) mass is 943 g/mol. The van der Waals surface area contributed by atoms with Crippen molar-refractivity contribution in [1.82, 2.24) is 10.6 Å². The van der Waals surface area contributed by atoms with E-state index in [9.17, 15) is 60.6 Å². The van der Waals surface area contributed by atoms with Gasteiger partial charge in [-0.2, -0.15) is 18.0 Å². The smallest absolute Gasteiger partial charge is 0.503 e. The molecule has 1 heterocycles. The first-order valence-electron chi connectivity index (χ1n) is 19.7. The lowest BCUT2D eigenvalue weighted by Gasteiger charge is -2.19. The van der Waals surface area contributed by atoms with Crippen LogP contribution in [0.2, 0.25) is 0 Å². The molecule has 4 aromatic carbocycles. The number of carbonyl (C=O) groups excluding carboxylic acids is 4. The number of phenols is 1. The molecule has 1 aliphatic heterocycles. The molecule has 346 valence electrons. The van der Waals surface area contributed by atoms with E-state index in [0.717, 1.165) is 6.07 Å². The van der Waals surface area contributed by atoms with Gasteiger partial charge in [0.25, 0.3) is 11.8 Å². The predicted octanol–water partition coefficient (Wildman–Crippen LogP) is 5.33. The number of benzene rings is 5. The van der Waals surface area contributed by atoms with Gasteiger partial charge >= 0.3 is 29.8 Å². The third-order valence-corrected chi connectivity index (χ3v) is 11.0. The van der Waals surface area contributed by atoms with E-state index < -0.39 is 69.7 Å². The van der Waals surface area contributed by atoms with E-state index in [1.165, 1.54) is 97.1 Å². The Morgan fingerprint density at radius 3 is 2.07 bits per heavy atom. The number of nitrogens with one attached hydrogen (secondary N) is 2. The number of esters is 2. The van der Waals surface area contributed by atoms with Crippen LogP contribution in [-0.4, -0.2) is 77.6 Å². The lowest BCUT2D eigenvalue weighted by molar-refractivity contribution is -0.155. The molecule has 0 bridgehead atoms. The number of primary sulfonamides is 1. The molecule has 1 aliphatic carbocycles. The average molecular weight is 944 g/mol. The van der Waals surface area contributed by atoms with Crippen LogP contribution in [0, 0.1) is 0 Å². The van der Waals surface area contributed by atoms with Crippen LogP contribution >= 0.6 is 0 Å². The second kappa shape index (κ2) is 20.3. The van der Waals surface area contributed by atoms with E-state index in [4.69, 9.17) is 19.8 Å². The Hall–Kier alpha value is -8.20. The number of hydrogen-bond acceptors (Lipinski definition) is 12. The van der Waals surface area contributed by atoms with Crippen molar-refractivity contribution in [1.29, 1.82) is 0 Å². The van der Waals surface area contributed by atoms with Gasteiger partial charge < -0.3 is 40.3 Å². The third kappa shape index (κ3) is 11.9. The Morgan fingerprint density at radius 2 is 1.45 bits per heavy atom. The number of ether oxygens (including phenoxy) is 2. The van der Waals surface area contributed by atoms with Gasteiger partial charge in [-0.3, -0.25) is 14.4 Å². The highest BCUT2D eigenvalue weighted by Crippen LogP contribution is 2.42. The van der Waals surface area contributed by atoms with Crippen LogP contribution in [0.3, 0.4) is 0 Å². The zero-order valence-electron chi connectivity index (χ0n) is 34.5. The molecule has 0 saturated carbocycles. The summed E-state index contributed by atoms with van der Waals surface area (Å²) < 4.78 is 77.6. The van der Waals surface area contributed by atoms with Crippen LogP contribution < -0.4 is 21.2 Å². The van der Waals surface area contributed by atoms with Crippen molar-refractivity contribution in [2.45, 2.75) is 49.6 Å². The summed E-state index contributed by atoms with van der Waals surface area (Å²) in [4.78, 5) is 78.6. The Bertz CT molecular complexity index is 3100. The summed E-state index contributed by atoms with van der Waals surface area (Å²) in [7, 11) is -3.98. The molecular formula is C45H36F3N5O13S. The molecule has 18 nitrogen and oxygen atoms in total. The van der Waals surface area contributed by atoms with Gasteiger partial charge in [-0.25, -0.2) is 27.9 Å². The second-order valence-electron chi connectivity index (χ2n) is 14.7. The van der Waals surface area contributed by atoms with Crippen LogP contribution in [0.15, 0.2) is 117 Å². The highest BCUT2D eigenvalue weighted by molar-refractivity contribution is 7.89. The second-order valence-corrected chi connectivity index (χ2v) is 16.2. The SMILES string of the molecule is [N-]=[N+]=C(C(=O)OCc1ccc(COC(=O)C(CCCCNC(=O)c2ccc(S(N)(=O)=O)cc2)NC(=O)c2ccc(-c3c4ccc(=O)cc-4oc4cc(O)ccc34)c(C(=O)O)c2)cc1)C(F)(F)F. The molecule has 2 amide bonds. The zero-order valence-corrected chi connectivity index (χ0v) is 35.4. The van der Waals surface area contributed by atoms with Crippen molar-refractivity contribution in [2.24, 2.45) is 5.14 Å². The van der Waals surface area contributed by atoms with Crippen molar-refractivity contribution in [3.63, 3.8) is 0 Å². The number of nitrogens with two attached hydrogens (primary N) is 1. The molecule has 0 spiro atoms. The number of carboxylic acids is 1. The Labute approximate surface area is 376 Å². The first kappa shape index (κ1) is 48.3. The molecule has 22 heteroatoms. The van der Waals surface area contributed by atoms with Gasteiger partial charge in [-0.1, -0.05) is 30.3 Å². The van der Waals surface area contributed by atoms with E-state index >= 15 is 0 Å². The van der Waals surface area contributed by atoms with Crippen LogP contribution in [0.5, 0.6) is 5.75 Å². The minimum Gasteiger partial charge on any atom is -0.508 e. The van der Waals surface area contributed by atoms with Gasteiger partial charge in [0.05, 0.1) is 10.5 Å². The summed E-state index contributed by atoms with van der Waals surface area (Å²) in [6, 6.07) is 21.1. The number of carboxylic acid groups (broad SMARTS) is 1.